The van der Waals surface area contributed by atoms with E-state index in [9.17, 15) is 14.4 Å². The van der Waals surface area contributed by atoms with Gasteiger partial charge in [0, 0.05) is 23.1 Å². The summed E-state index contributed by atoms with van der Waals surface area (Å²) >= 11 is 1.32. The van der Waals surface area contributed by atoms with E-state index in [1.807, 2.05) is 13.0 Å². The molecule has 0 bridgehead atoms. The molecule has 0 aliphatic heterocycles. The van der Waals surface area contributed by atoms with Gasteiger partial charge in [-0.3, -0.25) is 9.59 Å². The summed E-state index contributed by atoms with van der Waals surface area (Å²) in [6.45, 7) is 2.99. The number of ether oxygens (including phenoxy) is 1. The van der Waals surface area contributed by atoms with E-state index < -0.39 is 5.97 Å². The first-order valence-electron chi connectivity index (χ1n) is 6.60. The molecule has 6 heteroatoms. The monoisotopic (exact) mass is 317 g/mol. The zero-order valence-corrected chi connectivity index (χ0v) is 13.0. The van der Waals surface area contributed by atoms with Crippen molar-refractivity contribution in [1.29, 1.82) is 0 Å². The number of amides is 1. The summed E-state index contributed by atoms with van der Waals surface area (Å²) in [5, 5.41) is 2.61. The van der Waals surface area contributed by atoms with Crippen molar-refractivity contribution in [2.75, 3.05) is 11.9 Å². The lowest BCUT2D eigenvalue weighted by molar-refractivity contribution is -0.114. The fourth-order valence-corrected chi connectivity index (χ4v) is 2.53. The van der Waals surface area contributed by atoms with Crippen LogP contribution in [-0.4, -0.2) is 24.3 Å². The van der Waals surface area contributed by atoms with E-state index >= 15 is 0 Å². The van der Waals surface area contributed by atoms with Crippen molar-refractivity contribution in [3.05, 3.63) is 51.7 Å². The average molecular weight is 317 g/mol. The molecule has 114 valence electrons. The summed E-state index contributed by atoms with van der Waals surface area (Å²) in [6, 6.07) is 9.91. The molecule has 0 radical (unpaired) electrons. The molecular weight excluding hydrogens is 302 g/mol. The largest absolute Gasteiger partial charge is 0.453 e. The zero-order chi connectivity index (χ0) is 16.1. The highest BCUT2D eigenvalue weighted by Crippen LogP contribution is 2.16. The normalized spacial score (nSPS) is 10.1. The van der Waals surface area contributed by atoms with E-state index in [2.05, 4.69) is 5.32 Å². The Labute approximate surface area is 131 Å². The van der Waals surface area contributed by atoms with Crippen molar-refractivity contribution in [2.45, 2.75) is 13.8 Å². The Kier molecular flexibility index (Phi) is 5.06. The topological polar surface area (TPSA) is 72.5 Å². The second kappa shape index (κ2) is 7.00. The predicted octanol–water partition coefficient (Wildman–Crippen LogP) is 3.05. The summed E-state index contributed by atoms with van der Waals surface area (Å²) in [7, 11) is 0. The van der Waals surface area contributed by atoms with Gasteiger partial charge < -0.3 is 10.1 Å². The Morgan fingerprint density at radius 2 is 1.77 bits per heavy atom. The van der Waals surface area contributed by atoms with Gasteiger partial charge in [-0.1, -0.05) is 0 Å². The van der Waals surface area contributed by atoms with Gasteiger partial charge in [0.05, 0.1) is 0 Å². The minimum absolute atomic E-state index is 0.181. The fourth-order valence-electron chi connectivity index (χ4n) is 1.77. The Bertz CT molecular complexity index is 703. The van der Waals surface area contributed by atoms with Gasteiger partial charge in [0.1, 0.15) is 4.88 Å². The summed E-state index contributed by atoms with van der Waals surface area (Å²) in [6.07, 6.45) is 0. The Morgan fingerprint density at radius 1 is 1.09 bits per heavy atom. The van der Waals surface area contributed by atoms with Gasteiger partial charge in [0.25, 0.3) is 0 Å². The van der Waals surface area contributed by atoms with Crippen LogP contribution in [0.4, 0.5) is 5.69 Å². The average Bonchev–Trinajstić information content (AvgIpc) is 2.91. The number of carbonyl (C=O) groups excluding carboxylic acids is 3. The fraction of sp³-hybridized carbons (Fsp3) is 0.188. The van der Waals surface area contributed by atoms with Crippen LogP contribution in [0, 0.1) is 6.92 Å². The van der Waals surface area contributed by atoms with Crippen molar-refractivity contribution in [3.63, 3.8) is 0 Å². The Hall–Kier alpha value is -2.47. The molecule has 1 N–H and O–H groups in total. The summed E-state index contributed by atoms with van der Waals surface area (Å²) in [5.41, 5.74) is 1.03. The summed E-state index contributed by atoms with van der Waals surface area (Å²) < 4.78 is 5.00. The highest BCUT2D eigenvalue weighted by atomic mass is 32.1. The van der Waals surface area contributed by atoms with Crippen LogP contribution in [0.3, 0.4) is 0 Å². The van der Waals surface area contributed by atoms with Gasteiger partial charge in [-0.25, -0.2) is 4.79 Å². The van der Waals surface area contributed by atoms with E-state index in [-0.39, 0.29) is 18.3 Å². The maximum absolute atomic E-state index is 12.0. The third kappa shape index (κ3) is 4.26. The van der Waals surface area contributed by atoms with Gasteiger partial charge in [0.15, 0.2) is 12.4 Å². The van der Waals surface area contributed by atoms with Crippen molar-refractivity contribution in [3.8, 4) is 0 Å². The second-order valence-corrected chi connectivity index (χ2v) is 5.96. The van der Waals surface area contributed by atoms with E-state index in [0.717, 1.165) is 4.88 Å². The number of hydrogen-bond acceptors (Lipinski definition) is 5. The zero-order valence-electron chi connectivity index (χ0n) is 12.2. The molecule has 0 spiro atoms. The number of benzene rings is 1. The van der Waals surface area contributed by atoms with Crippen LogP contribution in [0.25, 0.3) is 0 Å². The molecule has 0 saturated carbocycles. The molecule has 2 aromatic rings. The number of nitrogens with one attached hydrogen (secondary N) is 1. The molecule has 0 saturated heterocycles. The van der Waals surface area contributed by atoms with E-state index in [1.165, 1.54) is 18.3 Å². The molecule has 1 aromatic carbocycles. The van der Waals surface area contributed by atoms with Crippen LogP contribution >= 0.6 is 11.3 Å². The van der Waals surface area contributed by atoms with E-state index in [1.54, 1.807) is 30.3 Å². The lowest BCUT2D eigenvalue weighted by Gasteiger charge is -2.05. The number of aryl methyl sites for hydroxylation is 1. The molecule has 2 rings (SSSR count). The molecule has 0 unspecified atom stereocenters. The molecule has 0 aliphatic rings. The number of thiophene rings is 1. The first-order chi connectivity index (χ1) is 10.5. The van der Waals surface area contributed by atoms with E-state index in [4.69, 9.17) is 4.74 Å². The van der Waals surface area contributed by atoms with Gasteiger partial charge in [-0.05, 0) is 43.3 Å². The van der Waals surface area contributed by atoms with Crippen LogP contribution < -0.4 is 5.32 Å². The van der Waals surface area contributed by atoms with Gasteiger partial charge >= 0.3 is 5.97 Å². The van der Waals surface area contributed by atoms with Crippen molar-refractivity contribution in [1.82, 2.24) is 0 Å². The lowest BCUT2D eigenvalue weighted by Crippen LogP contribution is -2.13. The molecule has 1 aromatic heterocycles. The molecule has 1 heterocycles. The van der Waals surface area contributed by atoms with Crippen molar-refractivity contribution < 1.29 is 19.1 Å². The molecule has 5 nitrogen and oxygen atoms in total. The van der Waals surface area contributed by atoms with Crippen LogP contribution in [0.1, 0.15) is 31.8 Å². The van der Waals surface area contributed by atoms with Gasteiger partial charge in [-0.2, -0.15) is 0 Å². The van der Waals surface area contributed by atoms with Crippen LogP contribution in [0.5, 0.6) is 0 Å². The third-order valence-corrected chi connectivity index (χ3v) is 3.78. The quantitative estimate of drug-likeness (QED) is 0.679. The Balaban J connectivity index is 1.92. The van der Waals surface area contributed by atoms with Crippen LogP contribution in [-0.2, 0) is 9.53 Å². The maximum atomic E-state index is 12.0. The number of Topliss-reactive ketones (excluding diaryl/α,β-unsaturated/α-hetero) is 1. The minimum atomic E-state index is -0.499. The second-order valence-electron chi connectivity index (χ2n) is 4.67. The minimum Gasteiger partial charge on any atom is -0.453 e. The molecule has 0 atom stereocenters. The number of hydrogen-bond donors (Lipinski definition) is 1. The predicted molar refractivity (Wildman–Crippen MR) is 84.4 cm³/mol. The van der Waals surface area contributed by atoms with Crippen molar-refractivity contribution in [2.24, 2.45) is 0 Å². The SMILES string of the molecule is CC(=O)Nc1ccc(C(=O)COC(=O)c2ccc(C)s2)cc1. The maximum Gasteiger partial charge on any atom is 0.348 e. The van der Waals surface area contributed by atoms with E-state index in [0.29, 0.717) is 16.1 Å². The van der Waals surface area contributed by atoms with Gasteiger partial charge in [-0.15, -0.1) is 11.3 Å². The Morgan fingerprint density at radius 3 is 2.32 bits per heavy atom. The number of esters is 1. The van der Waals surface area contributed by atoms with Gasteiger partial charge in [0.2, 0.25) is 5.91 Å². The molecule has 22 heavy (non-hydrogen) atoms. The highest BCUT2D eigenvalue weighted by molar-refractivity contribution is 7.13. The standard InChI is InChI=1S/C16H15NO4S/c1-10-3-8-15(22-10)16(20)21-9-14(19)12-4-6-13(7-5-12)17-11(2)18/h3-8H,9H2,1-2H3,(H,17,18). The number of ketones is 1. The first-order valence-corrected chi connectivity index (χ1v) is 7.42. The number of carbonyl (C=O) groups is 3. The number of anilines is 1. The third-order valence-electron chi connectivity index (χ3n) is 2.80. The first kappa shape index (κ1) is 15.9. The summed E-state index contributed by atoms with van der Waals surface area (Å²) in [5.74, 6) is -0.975. The number of rotatable bonds is 5. The smallest absolute Gasteiger partial charge is 0.348 e. The van der Waals surface area contributed by atoms with Crippen molar-refractivity contribution >= 4 is 34.7 Å². The molecular formula is C16H15NO4S. The van der Waals surface area contributed by atoms with Crippen LogP contribution in [0.15, 0.2) is 36.4 Å². The molecule has 1 amide bonds. The summed E-state index contributed by atoms with van der Waals surface area (Å²) in [4.78, 5) is 36.1. The lowest BCUT2D eigenvalue weighted by atomic mass is 10.1. The van der Waals surface area contributed by atoms with Crippen LogP contribution in [0.2, 0.25) is 0 Å². The molecule has 0 aliphatic carbocycles. The molecule has 0 fully saturated rings. The highest BCUT2D eigenvalue weighted by Gasteiger charge is 2.13.